The Balaban J connectivity index is 0.00000121. The second-order valence-corrected chi connectivity index (χ2v) is 3.03. The second kappa shape index (κ2) is 5.41. The van der Waals surface area contributed by atoms with Crippen molar-refractivity contribution < 1.29 is 17.0 Å². The first-order valence-corrected chi connectivity index (χ1v) is 3.96. The van der Waals surface area contributed by atoms with Crippen molar-refractivity contribution in [2.75, 3.05) is 0 Å². The Hall–Kier alpha value is -0.240. The molecular formula is C8H8Cl3N. The second-order valence-electron chi connectivity index (χ2n) is 2.11. The third-order valence-corrected chi connectivity index (χ3v) is 1.98. The van der Waals surface area contributed by atoms with Gasteiger partial charge < -0.3 is 12.4 Å². The average Bonchev–Trinajstić information content (AvgIpc) is 2.05. The van der Waals surface area contributed by atoms with Crippen molar-refractivity contribution in [1.82, 2.24) is 0 Å². The lowest BCUT2D eigenvalue weighted by Crippen LogP contribution is -3.00. The van der Waals surface area contributed by atoms with Gasteiger partial charge in [0.25, 0.3) is 5.16 Å². The molecule has 1 heterocycles. The predicted molar refractivity (Wildman–Crippen MR) is 47.2 cm³/mol. The zero-order valence-corrected chi connectivity index (χ0v) is 8.74. The Labute approximate surface area is 88.0 Å². The van der Waals surface area contributed by atoms with E-state index in [1.165, 1.54) is 0 Å². The van der Waals surface area contributed by atoms with E-state index >= 15 is 0 Å². The average molecular weight is 225 g/mol. The molecule has 12 heavy (non-hydrogen) atoms. The van der Waals surface area contributed by atoms with Crippen LogP contribution in [-0.2, 0) is 0 Å². The lowest BCUT2D eigenvalue weighted by atomic mass is 10.5. The molecule has 1 nitrogen and oxygen atoms in total. The number of nitrogens with zero attached hydrogens (tertiary/aromatic N) is 1. The van der Waals surface area contributed by atoms with Crippen molar-refractivity contribution in [3.05, 3.63) is 35.6 Å². The number of halogens is 3. The molecule has 0 radical (unpaired) electrons. The van der Waals surface area contributed by atoms with E-state index in [-0.39, 0.29) is 12.4 Å². The number of hydrogen-bond donors (Lipinski definition) is 0. The molecule has 0 aromatic carbocycles. The maximum Gasteiger partial charge on any atom is 0.294 e. The molecule has 0 fully saturated rings. The summed E-state index contributed by atoms with van der Waals surface area (Å²) in [5.41, 5.74) is 0. The molecule has 0 bridgehead atoms. The summed E-state index contributed by atoms with van der Waals surface area (Å²) in [6.07, 6.45) is 3.68. The minimum absolute atomic E-state index is 0. The van der Waals surface area contributed by atoms with Crippen LogP contribution in [-0.4, -0.2) is 0 Å². The van der Waals surface area contributed by atoms with E-state index in [4.69, 9.17) is 23.2 Å². The van der Waals surface area contributed by atoms with Crippen LogP contribution in [0.25, 0.3) is 5.16 Å². The molecule has 4 heteroatoms. The summed E-state index contributed by atoms with van der Waals surface area (Å²) in [6.45, 7) is 1.75. The summed E-state index contributed by atoms with van der Waals surface area (Å²) in [5, 5.41) is 1.12. The molecule has 0 atom stereocenters. The standard InChI is InChI=1S/C8H8Cl2N.ClH/c1-7(9)8(10)11-5-3-2-4-6-11;/h2-6H,1H3;1H/q+1;/p-1. The van der Waals surface area contributed by atoms with Crippen LogP contribution in [0, 0.1) is 0 Å². The van der Waals surface area contributed by atoms with Gasteiger partial charge in [-0.3, -0.25) is 0 Å². The van der Waals surface area contributed by atoms with E-state index in [0.717, 1.165) is 0 Å². The number of aromatic nitrogens is 1. The molecule has 66 valence electrons. The molecule has 0 spiro atoms. The fraction of sp³-hybridized carbons (Fsp3) is 0.125. The van der Waals surface area contributed by atoms with Crippen molar-refractivity contribution in [3.63, 3.8) is 0 Å². The topological polar surface area (TPSA) is 3.88 Å². The summed E-state index contributed by atoms with van der Waals surface area (Å²) in [7, 11) is 0. The summed E-state index contributed by atoms with van der Waals surface area (Å²) in [5.74, 6) is 0. The SMILES string of the molecule is CC(Cl)=C(Cl)[n+]1ccccc1.[Cl-]. The maximum atomic E-state index is 5.85. The minimum atomic E-state index is 0. The number of allylic oxidation sites excluding steroid dienone is 1. The lowest BCUT2D eigenvalue weighted by molar-refractivity contribution is -0.574. The van der Waals surface area contributed by atoms with Crippen LogP contribution in [0.15, 0.2) is 35.6 Å². The highest BCUT2D eigenvalue weighted by atomic mass is 35.5. The quantitative estimate of drug-likeness (QED) is 0.572. The molecule has 0 aliphatic heterocycles. The molecular weight excluding hydrogens is 216 g/mol. The van der Waals surface area contributed by atoms with Crippen molar-refractivity contribution >= 4 is 28.4 Å². The van der Waals surface area contributed by atoms with Crippen molar-refractivity contribution in [2.24, 2.45) is 0 Å². The van der Waals surface area contributed by atoms with Gasteiger partial charge >= 0.3 is 0 Å². The molecule has 1 aromatic heterocycles. The van der Waals surface area contributed by atoms with Crippen LogP contribution in [0.4, 0.5) is 0 Å². The highest BCUT2D eigenvalue weighted by molar-refractivity contribution is 6.49. The van der Waals surface area contributed by atoms with Gasteiger partial charge in [-0.1, -0.05) is 17.7 Å². The zero-order valence-electron chi connectivity index (χ0n) is 6.47. The zero-order chi connectivity index (χ0) is 8.27. The summed E-state index contributed by atoms with van der Waals surface area (Å²) in [6, 6.07) is 5.70. The van der Waals surface area contributed by atoms with E-state index < -0.39 is 0 Å². The van der Waals surface area contributed by atoms with Gasteiger partial charge in [0.05, 0.1) is 5.03 Å². The Kier molecular flexibility index (Phi) is 5.31. The van der Waals surface area contributed by atoms with Gasteiger partial charge in [-0.25, -0.2) is 0 Å². The highest BCUT2D eigenvalue weighted by Crippen LogP contribution is 2.11. The van der Waals surface area contributed by atoms with E-state index in [9.17, 15) is 0 Å². The van der Waals surface area contributed by atoms with E-state index in [0.29, 0.717) is 10.2 Å². The molecule has 0 aliphatic carbocycles. The maximum absolute atomic E-state index is 5.85. The van der Waals surface area contributed by atoms with Crippen molar-refractivity contribution in [3.8, 4) is 0 Å². The monoisotopic (exact) mass is 223 g/mol. The van der Waals surface area contributed by atoms with Gasteiger partial charge in [-0.2, -0.15) is 4.57 Å². The molecule has 1 rings (SSSR count). The lowest BCUT2D eigenvalue weighted by Gasteiger charge is -1.91. The first kappa shape index (κ1) is 11.8. The Morgan fingerprint density at radius 2 is 1.58 bits per heavy atom. The van der Waals surface area contributed by atoms with Crippen LogP contribution >= 0.6 is 23.2 Å². The van der Waals surface area contributed by atoms with Gasteiger partial charge in [0.2, 0.25) is 0 Å². The summed E-state index contributed by atoms with van der Waals surface area (Å²) >= 11 is 11.5. The number of rotatable bonds is 1. The van der Waals surface area contributed by atoms with Crippen LogP contribution in [0.5, 0.6) is 0 Å². The van der Waals surface area contributed by atoms with Gasteiger partial charge in [-0.05, 0) is 18.5 Å². The highest BCUT2D eigenvalue weighted by Gasteiger charge is 2.06. The van der Waals surface area contributed by atoms with Gasteiger partial charge in [0.1, 0.15) is 0 Å². The van der Waals surface area contributed by atoms with Crippen LogP contribution in [0.3, 0.4) is 0 Å². The molecule has 0 N–H and O–H groups in total. The van der Waals surface area contributed by atoms with Crippen molar-refractivity contribution in [2.45, 2.75) is 6.92 Å². The molecule has 0 unspecified atom stereocenters. The smallest absolute Gasteiger partial charge is 0.294 e. The normalized spacial score (nSPS) is 11.6. The number of pyridine rings is 1. The van der Waals surface area contributed by atoms with Gasteiger partial charge in [-0.15, -0.1) is 0 Å². The third kappa shape index (κ3) is 3.02. The fourth-order valence-corrected chi connectivity index (χ4v) is 0.918. The van der Waals surface area contributed by atoms with Crippen molar-refractivity contribution in [1.29, 1.82) is 0 Å². The Morgan fingerprint density at radius 1 is 1.08 bits per heavy atom. The fourth-order valence-electron chi connectivity index (χ4n) is 0.707. The summed E-state index contributed by atoms with van der Waals surface area (Å²) < 4.78 is 1.75. The van der Waals surface area contributed by atoms with E-state index in [1.54, 1.807) is 11.5 Å². The van der Waals surface area contributed by atoms with Gasteiger partial charge in [0.15, 0.2) is 12.4 Å². The minimum Gasteiger partial charge on any atom is -1.00 e. The molecule has 0 saturated carbocycles. The third-order valence-electron chi connectivity index (χ3n) is 1.23. The van der Waals surface area contributed by atoms with Crippen LogP contribution < -0.4 is 17.0 Å². The Bertz CT molecular complexity index is 265. The molecule has 0 aliphatic rings. The summed E-state index contributed by atoms with van der Waals surface area (Å²) in [4.78, 5) is 0. The molecule has 0 amide bonds. The van der Waals surface area contributed by atoms with E-state index in [2.05, 4.69) is 0 Å². The first-order chi connectivity index (χ1) is 5.22. The Morgan fingerprint density at radius 3 is 2.00 bits per heavy atom. The van der Waals surface area contributed by atoms with Crippen LogP contribution in [0.2, 0.25) is 0 Å². The number of hydrogen-bond acceptors (Lipinski definition) is 0. The van der Waals surface area contributed by atoms with E-state index in [1.807, 2.05) is 30.6 Å². The largest absolute Gasteiger partial charge is 1.00 e. The molecule has 1 aromatic rings. The van der Waals surface area contributed by atoms with Crippen LogP contribution in [0.1, 0.15) is 6.92 Å². The predicted octanol–water partition coefficient (Wildman–Crippen LogP) is -0.398. The van der Waals surface area contributed by atoms with Gasteiger partial charge in [0, 0.05) is 12.1 Å². The molecule has 0 saturated heterocycles. The first-order valence-electron chi connectivity index (χ1n) is 3.20.